The van der Waals surface area contributed by atoms with Crippen molar-refractivity contribution < 1.29 is 9.53 Å². The molecule has 0 N–H and O–H groups in total. The molecule has 1 aromatic heterocycles. The number of anilines is 2. The average Bonchev–Trinajstić information content (AvgIpc) is 3.20. The van der Waals surface area contributed by atoms with E-state index >= 15 is 0 Å². The van der Waals surface area contributed by atoms with Crippen LogP contribution in [0.5, 0.6) is 0 Å². The molecule has 0 radical (unpaired) electrons. The minimum atomic E-state index is 0.0176. The quantitative estimate of drug-likeness (QED) is 0.812. The zero-order valence-electron chi connectivity index (χ0n) is 15.4. The molecule has 1 saturated carbocycles. The summed E-state index contributed by atoms with van der Waals surface area (Å²) in [5.41, 5.74) is 3.56. The lowest BCUT2D eigenvalue weighted by atomic mass is 10.00. The lowest BCUT2D eigenvalue weighted by Crippen LogP contribution is -2.45. The average molecular weight is 387 g/mol. The first-order chi connectivity index (χ1) is 13.1. The molecule has 1 saturated heterocycles. The van der Waals surface area contributed by atoms with Crippen molar-refractivity contribution in [3.05, 3.63) is 40.7 Å². The maximum absolute atomic E-state index is 13.5. The van der Waals surface area contributed by atoms with E-state index in [1.54, 1.807) is 4.68 Å². The third kappa shape index (κ3) is 3.01. The minimum Gasteiger partial charge on any atom is -0.381 e. The van der Waals surface area contributed by atoms with Crippen LogP contribution in [0.4, 0.5) is 11.4 Å². The fourth-order valence-electron chi connectivity index (χ4n) is 4.25. The van der Waals surface area contributed by atoms with Crippen molar-refractivity contribution in [2.45, 2.75) is 31.2 Å². The van der Waals surface area contributed by atoms with Crippen LogP contribution in [-0.4, -0.2) is 48.0 Å². The van der Waals surface area contributed by atoms with E-state index in [9.17, 15) is 4.79 Å². The topological polar surface area (TPSA) is 50.6 Å². The maximum atomic E-state index is 13.5. The van der Waals surface area contributed by atoms with Crippen LogP contribution in [0.3, 0.4) is 0 Å². The van der Waals surface area contributed by atoms with Crippen molar-refractivity contribution in [2.75, 3.05) is 36.1 Å². The van der Waals surface area contributed by atoms with Gasteiger partial charge >= 0.3 is 0 Å². The SMILES string of the molecule is Cn1cc(C(=O)N2CCN(C3CC3)c3cc(Cl)ccc32)c([C@H]2CCOC2)n1. The van der Waals surface area contributed by atoms with Crippen LogP contribution in [0.25, 0.3) is 0 Å². The number of hydrogen-bond acceptors (Lipinski definition) is 4. The van der Waals surface area contributed by atoms with Gasteiger partial charge < -0.3 is 14.5 Å². The van der Waals surface area contributed by atoms with Gasteiger partial charge in [-0.05, 0) is 37.5 Å². The number of benzene rings is 1. The molecule has 142 valence electrons. The number of halogens is 1. The fraction of sp³-hybridized carbons (Fsp3) is 0.500. The number of nitrogens with zero attached hydrogens (tertiary/aromatic N) is 4. The van der Waals surface area contributed by atoms with Gasteiger partial charge in [0, 0.05) is 49.9 Å². The Kier molecular flexibility index (Phi) is 4.13. The summed E-state index contributed by atoms with van der Waals surface area (Å²) < 4.78 is 7.26. The number of fused-ring (bicyclic) bond motifs is 1. The smallest absolute Gasteiger partial charge is 0.261 e. The minimum absolute atomic E-state index is 0.0176. The molecule has 3 aliphatic rings. The Morgan fingerprint density at radius 3 is 2.81 bits per heavy atom. The summed E-state index contributed by atoms with van der Waals surface area (Å²) in [7, 11) is 1.87. The van der Waals surface area contributed by atoms with E-state index in [1.807, 2.05) is 36.3 Å². The molecule has 0 spiro atoms. The molecular weight excluding hydrogens is 364 g/mol. The van der Waals surface area contributed by atoms with Gasteiger partial charge in [-0.15, -0.1) is 0 Å². The molecule has 5 rings (SSSR count). The summed E-state index contributed by atoms with van der Waals surface area (Å²) >= 11 is 6.27. The first-order valence-corrected chi connectivity index (χ1v) is 9.99. The van der Waals surface area contributed by atoms with Gasteiger partial charge in [-0.3, -0.25) is 9.48 Å². The van der Waals surface area contributed by atoms with E-state index in [1.165, 1.54) is 12.8 Å². The van der Waals surface area contributed by atoms with Crippen LogP contribution in [-0.2, 0) is 11.8 Å². The van der Waals surface area contributed by atoms with Crippen molar-refractivity contribution in [3.8, 4) is 0 Å². The molecule has 2 aliphatic heterocycles. The Labute approximate surface area is 163 Å². The Morgan fingerprint density at radius 2 is 2.07 bits per heavy atom. The number of carbonyl (C=O) groups excluding carboxylic acids is 1. The van der Waals surface area contributed by atoms with E-state index in [0.29, 0.717) is 29.8 Å². The second-order valence-electron chi connectivity index (χ2n) is 7.68. The number of carbonyl (C=O) groups is 1. The van der Waals surface area contributed by atoms with Crippen LogP contribution < -0.4 is 9.80 Å². The van der Waals surface area contributed by atoms with Crippen LogP contribution >= 0.6 is 11.6 Å². The molecule has 3 heterocycles. The van der Waals surface area contributed by atoms with E-state index in [0.717, 1.165) is 36.6 Å². The summed E-state index contributed by atoms with van der Waals surface area (Å²) in [5.74, 6) is 0.214. The van der Waals surface area contributed by atoms with Gasteiger partial charge in [0.25, 0.3) is 5.91 Å². The Hall–Kier alpha value is -2.05. The largest absolute Gasteiger partial charge is 0.381 e. The molecule has 1 amide bonds. The highest BCUT2D eigenvalue weighted by Crippen LogP contribution is 2.42. The van der Waals surface area contributed by atoms with Gasteiger partial charge in [-0.25, -0.2) is 0 Å². The maximum Gasteiger partial charge on any atom is 0.261 e. The number of aromatic nitrogens is 2. The molecule has 27 heavy (non-hydrogen) atoms. The third-order valence-corrected chi connectivity index (χ3v) is 5.97. The predicted molar refractivity (Wildman–Crippen MR) is 105 cm³/mol. The van der Waals surface area contributed by atoms with Crippen LogP contribution in [0.15, 0.2) is 24.4 Å². The van der Waals surface area contributed by atoms with Crippen molar-refractivity contribution in [1.29, 1.82) is 0 Å². The standard InChI is InChI=1S/C20H23ClN4O2/c1-23-11-16(19(22-23)13-6-9-27-12-13)20(26)25-8-7-24(15-3-4-15)18-10-14(21)2-5-17(18)25/h2,5,10-11,13,15H,3-4,6-9,12H2,1H3/t13-/m0/s1. The monoisotopic (exact) mass is 386 g/mol. The molecular formula is C20H23ClN4O2. The van der Waals surface area contributed by atoms with Crippen molar-refractivity contribution in [2.24, 2.45) is 7.05 Å². The second kappa shape index (κ2) is 6.53. The van der Waals surface area contributed by atoms with Gasteiger partial charge in [0.05, 0.1) is 29.2 Å². The van der Waals surface area contributed by atoms with Gasteiger partial charge in [0.2, 0.25) is 0 Å². The lowest BCUT2D eigenvalue weighted by Gasteiger charge is -2.38. The van der Waals surface area contributed by atoms with Crippen molar-refractivity contribution in [1.82, 2.24) is 9.78 Å². The predicted octanol–water partition coefficient (Wildman–Crippen LogP) is 3.21. The molecule has 2 fully saturated rings. The van der Waals surface area contributed by atoms with Crippen molar-refractivity contribution in [3.63, 3.8) is 0 Å². The molecule has 7 heteroatoms. The molecule has 2 aromatic rings. The number of aryl methyl sites for hydroxylation is 1. The van der Waals surface area contributed by atoms with Crippen LogP contribution in [0.1, 0.15) is 41.2 Å². The first kappa shape index (κ1) is 17.1. The molecule has 0 bridgehead atoms. The number of hydrogen-bond donors (Lipinski definition) is 0. The molecule has 6 nitrogen and oxygen atoms in total. The normalized spacial score (nSPS) is 22.2. The highest BCUT2D eigenvalue weighted by Gasteiger charge is 2.37. The summed E-state index contributed by atoms with van der Waals surface area (Å²) in [6, 6.07) is 6.41. The Balaban J connectivity index is 1.52. The number of ether oxygens (including phenoxy) is 1. The van der Waals surface area contributed by atoms with Crippen LogP contribution in [0.2, 0.25) is 5.02 Å². The van der Waals surface area contributed by atoms with E-state index < -0.39 is 0 Å². The zero-order valence-corrected chi connectivity index (χ0v) is 16.2. The van der Waals surface area contributed by atoms with Gasteiger partial charge in [0.1, 0.15) is 0 Å². The first-order valence-electron chi connectivity index (χ1n) is 9.61. The lowest BCUT2D eigenvalue weighted by molar-refractivity contribution is 0.0985. The van der Waals surface area contributed by atoms with Gasteiger partial charge in [-0.1, -0.05) is 11.6 Å². The highest BCUT2D eigenvalue weighted by atomic mass is 35.5. The summed E-state index contributed by atoms with van der Waals surface area (Å²) in [6.07, 6.45) is 5.19. The highest BCUT2D eigenvalue weighted by molar-refractivity contribution is 6.31. The van der Waals surface area contributed by atoms with Gasteiger partial charge in [0.15, 0.2) is 0 Å². The van der Waals surface area contributed by atoms with Crippen LogP contribution in [0, 0.1) is 0 Å². The summed E-state index contributed by atoms with van der Waals surface area (Å²) in [5, 5.41) is 5.30. The van der Waals surface area contributed by atoms with E-state index in [-0.39, 0.29) is 11.8 Å². The fourth-order valence-corrected chi connectivity index (χ4v) is 4.41. The second-order valence-corrected chi connectivity index (χ2v) is 8.11. The number of rotatable bonds is 3. The zero-order chi connectivity index (χ0) is 18.5. The molecule has 0 unspecified atom stereocenters. The van der Waals surface area contributed by atoms with E-state index in [4.69, 9.17) is 16.3 Å². The summed E-state index contributed by atoms with van der Waals surface area (Å²) in [6.45, 7) is 2.89. The third-order valence-electron chi connectivity index (χ3n) is 5.74. The molecule has 1 atom stereocenters. The van der Waals surface area contributed by atoms with Gasteiger partial charge in [-0.2, -0.15) is 5.10 Å². The van der Waals surface area contributed by atoms with E-state index in [2.05, 4.69) is 10.00 Å². The summed E-state index contributed by atoms with van der Waals surface area (Å²) in [4.78, 5) is 17.8. The molecule has 1 aliphatic carbocycles. The van der Waals surface area contributed by atoms with Crippen molar-refractivity contribution >= 4 is 28.9 Å². The number of amides is 1. The Morgan fingerprint density at radius 1 is 1.22 bits per heavy atom. The Bertz CT molecular complexity index is 886. The molecule has 1 aromatic carbocycles.